The molecule has 2 amide bonds. The number of hydrogen-bond donors (Lipinski definition) is 1. The molecule has 2 fully saturated rings. The predicted octanol–water partition coefficient (Wildman–Crippen LogP) is 1.54. The van der Waals surface area contributed by atoms with Crippen LogP contribution in [-0.4, -0.2) is 52.0 Å². The van der Waals surface area contributed by atoms with Crippen molar-refractivity contribution >= 4 is 11.8 Å². The molecule has 0 spiro atoms. The van der Waals surface area contributed by atoms with E-state index in [0.717, 1.165) is 17.0 Å². The fraction of sp³-hybridized carbons (Fsp3) is 0.500. The fourth-order valence-electron chi connectivity index (χ4n) is 3.21. The standard InChI is InChI=1S/C16H16F4N2O3/c17-12-5-10(16(18,19)20)2-1-9(12)7-21-8-14(24)22-4-3-11(23)6-13(22)15(21)25/h1-2,5,11,13,23H,3-4,6-8H2/t11?,13-/m1/s1. The number of hydrogen-bond acceptors (Lipinski definition) is 3. The molecule has 2 atom stereocenters. The minimum Gasteiger partial charge on any atom is -0.393 e. The number of piperidine rings is 1. The van der Waals surface area contributed by atoms with Crippen LogP contribution in [0.3, 0.4) is 0 Å². The summed E-state index contributed by atoms with van der Waals surface area (Å²) in [5.74, 6) is -1.83. The molecule has 0 aromatic heterocycles. The van der Waals surface area contributed by atoms with Gasteiger partial charge >= 0.3 is 6.18 Å². The van der Waals surface area contributed by atoms with Crippen LogP contribution in [0.25, 0.3) is 0 Å². The van der Waals surface area contributed by atoms with Crippen molar-refractivity contribution in [3.05, 3.63) is 35.1 Å². The Balaban J connectivity index is 1.79. The molecule has 2 aliphatic rings. The number of amides is 2. The van der Waals surface area contributed by atoms with Gasteiger partial charge < -0.3 is 14.9 Å². The Labute approximate surface area is 140 Å². The van der Waals surface area contributed by atoms with Crippen molar-refractivity contribution in [1.29, 1.82) is 0 Å². The molecule has 0 bridgehead atoms. The highest BCUT2D eigenvalue weighted by Crippen LogP contribution is 2.31. The van der Waals surface area contributed by atoms with Gasteiger partial charge in [-0.3, -0.25) is 9.59 Å². The molecule has 0 saturated carbocycles. The molecule has 2 heterocycles. The Kier molecular flexibility index (Phi) is 4.44. The largest absolute Gasteiger partial charge is 0.416 e. The van der Waals surface area contributed by atoms with Gasteiger partial charge in [0.15, 0.2) is 0 Å². The summed E-state index contributed by atoms with van der Waals surface area (Å²) in [6.45, 7) is -0.278. The van der Waals surface area contributed by atoms with Crippen molar-refractivity contribution in [3.8, 4) is 0 Å². The van der Waals surface area contributed by atoms with E-state index in [9.17, 15) is 32.3 Å². The molecule has 5 nitrogen and oxygen atoms in total. The summed E-state index contributed by atoms with van der Waals surface area (Å²) in [5.41, 5.74) is -1.21. The maximum absolute atomic E-state index is 14.0. The van der Waals surface area contributed by atoms with E-state index in [-0.39, 0.29) is 37.5 Å². The average molecular weight is 360 g/mol. The van der Waals surface area contributed by atoms with Crippen LogP contribution in [0.15, 0.2) is 18.2 Å². The molecule has 1 aromatic carbocycles. The maximum atomic E-state index is 14.0. The van der Waals surface area contributed by atoms with Crippen LogP contribution in [0, 0.1) is 5.82 Å². The fourth-order valence-corrected chi connectivity index (χ4v) is 3.21. The molecule has 2 aliphatic heterocycles. The monoisotopic (exact) mass is 360 g/mol. The third-order valence-corrected chi connectivity index (χ3v) is 4.56. The molecule has 25 heavy (non-hydrogen) atoms. The molecule has 0 radical (unpaired) electrons. The Hall–Kier alpha value is -2.16. The zero-order valence-corrected chi connectivity index (χ0v) is 13.1. The van der Waals surface area contributed by atoms with Crippen molar-refractivity contribution in [2.24, 2.45) is 0 Å². The summed E-state index contributed by atoms with van der Waals surface area (Å²) >= 11 is 0. The number of carbonyl (C=O) groups excluding carboxylic acids is 2. The molecular formula is C16H16F4N2O3. The van der Waals surface area contributed by atoms with Gasteiger partial charge in [-0.25, -0.2) is 4.39 Å². The third-order valence-electron chi connectivity index (χ3n) is 4.56. The topological polar surface area (TPSA) is 60.9 Å². The summed E-state index contributed by atoms with van der Waals surface area (Å²) in [7, 11) is 0. The smallest absolute Gasteiger partial charge is 0.393 e. The molecule has 3 rings (SSSR count). The highest BCUT2D eigenvalue weighted by molar-refractivity contribution is 5.95. The second-order valence-electron chi connectivity index (χ2n) is 6.28. The minimum atomic E-state index is -4.66. The Morgan fingerprint density at radius 1 is 1.24 bits per heavy atom. The number of fused-ring (bicyclic) bond motifs is 1. The first-order valence-corrected chi connectivity index (χ1v) is 7.79. The Morgan fingerprint density at radius 2 is 1.96 bits per heavy atom. The Morgan fingerprint density at radius 3 is 2.60 bits per heavy atom. The minimum absolute atomic E-state index is 0.0982. The molecular weight excluding hydrogens is 344 g/mol. The van der Waals surface area contributed by atoms with E-state index in [1.165, 1.54) is 4.90 Å². The lowest BCUT2D eigenvalue weighted by Gasteiger charge is -2.44. The highest BCUT2D eigenvalue weighted by Gasteiger charge is 2.42. The normalized spacial score (nSPS) is 24.5. The number of aliphatic hydroxyl groups is 1. The molecule has 1 aromatic rings. The van der Waals surface area contributed by atoms with Crippen LogP contribution >= 0.6 is 0 Å². The third kappa shape index (κ3) is 3.46. The first-order chi connectivity index (χ1) is 11.7. The van der Waals surface area contributed by atoms with Gasteiger partial charge in [-0.1, -0.05) is 6.07 Å². The van der Waals surface area contributed by atoms with Crippen molar-refractivity contribution < 1.29 is 32.3 Å². The van der Waals surface area contributed by atoms with E-state index in [1.54, 1.807) is 0 Å². The van der Waals surface area contributed by atoms with Gasteiger partial charge in [0.05, 0.1) is 11.7 Å². The van der Waals surface area contributed by atoms with Gasteiger partial charge in [-0.2, -0.15) is 13.2 Å². The molecule has 136 valence electrons. The summed E-state index contributed by atoms with van der Waals surface area (Å²) < 4.78 is 51.7. The van der Waals surface area contributed by atoms with Crippen molar-refractivity contribution in [3.63, 3.8) is 0 Å². The number of halogens is 4. The van der Waals surface area contributed by atoms with Gasteiger partial charge in [-0.15, -0.1) is 0 Å². The Bertz CT molecular complexity index is 707. The number of benzene rings is 1. The number of carbonyl (C=O) groups is 2. The quantitative estimate of drug-likeness (QED) is 0.814. The van der Waals surface area contributed by atoms with Crippen LogP contribution in [0.1, 0.15) is 24.0 Å². The van der Waals surface area contributed by atoms with Crippen LogP contribution < -0.4 is 0 Å². The van der Waals surface area contributed by atoms with Crippen LogP contribution in [0.5, 0.6) is 0 Å². The van der Waals surface area contributed by atoms with E-state index in [1.807, 2.05) is 0 Å². The molecule has 0 aliphatic carbocycles. The molecule has 1 unspecified atom stereocenters. The van der Waals surface area contributed by atoms with E-state index in [4.69, 9.17) is 0 Å². The van der Waals surface area contributed by atoms with Crippen molar-refractivity contribution in [2.45, 2.75) is 37.7 Å². The van der Waals surface area contributed by atoms with Crippen molar-refractivity contribution in [2.75, 3.05) is 13.1 Å². The second-order valence-corrected chi connectivity index (χ2v) is 6.28. The van der Waals surface area contributed by atoms with E-state index in [0.29, 0.717) is 12.5 Å². The summed E-state index contributed by atoms with van der Waals surface area (Å²) in [5, 5.41) is 9.70. The van der Waals surface area contributed by atoms with Gasteiger partial charge in [0, 0.05) is 25.1 Å². The zero-order valence-electron chi connectivity index (χ0n) is 13.1. The molecule has 2 saturated heterocycles. The summed E-state index contributed by atoms with van der Waals surface area (Å²) in [6, 6.07) is 1.29. The van der Waals surface area contributed by atoms with Crippen LogP contribution in [0.2, 0.25) is 0 Å². The molecule has 9 heteroatoms. The van der Waals surface area contributed by atoms with Crippen LogP contribution in [-0.2, 0) is 22.3 Å². The van der Waals surface area contributed by atoms with E-state index >= 15 is 0 Å². The lowest BCUT2D eigenvalue weighted by Crippen LogP contribution is -2.62. The van der Waals surface area contributed by atoms with Gasteiger partial charge in [-0.05, 0) is 18.6 Å². The van der Waals surface area contributed by atoms with Gasteiger partial charge in [0.2, 0.25) is 11.8 Å². The van der Waals surface area contributed by atoms with Gasteiger partial charge in [0.25, 0.3) is 0 Å². The van der Waals surface area contributed by atoms with E-state index in [2.05, 4.69) is 0 Å². The van der Waals surface area contributed by atoms with E-state index < -0.39 is 35.6 Å². The zero-order chi connectivity index (χ0) is 18.4. The SMILES string of the molecule is O=C1[C@H]2CC(O)CCN2C(=O)CN1Cc1ccc(C(F)(F)F)cc1F. The van der Waals surface area contributed by atoms with Crippen LogP contribution in [0.4, 0.5) is 17.6 Å². The second kappa shape index (κ2) is 6.29. The predicted molar refractivity (Wildman–Crippen MR) is 77.6 cm³/mol. The lowest BCUT2D eigenvalue weighted by molar-refractivity contribution is -0.160. The first-order valence-electron chi connectivity index (χ1n) is 7.79. The lowest BCUT2D eigenvalue weighted by atomic mass is 9.95. The number of aliphatic hydroxyl groups excluding tert-OH is 1. The molecule has 1 N–H and O–H groups in total. The summed E-state index contributed by atoms with van der Waals surface area (Å²) in [4.78, 5) is 27.2. The highest BCUT2D eigenvalue weighted by atomic mass is 19.4. The number of alkyl halides is 3. The number of nitrogens with zero attached hydrogens (tertiary/aromatic N) is 2. The van der Waals surface area contributed by atoms with Crippen molar-refractivity contribution in [1.82, 2.24) is 9.80 Å². The maximum Gasteiger partial charge on any atom is 0.416 e. The number of rotatable bonds is 2. The number of piperazine rings is 1. The average Bonchev–Trinajstić information content (AvgIpc) is 2.53. The summed E-state index contributed by atoms with van der Waals surface area (Å²) in [6.07, 6.45) is -4.85. The first kappa shape index (κ1) is 17.7. The van der Waals surface area contributed by atoms with Gasteiger partial charge in [0.1, 0.15) is 18.4 Å².